The van der Waals surface area contributed by atoms with Crippen molar-refractivity contribution in [2.45, 2.75) is 37.1 Å². The molecule has 5 heteroatoms. The molecule has 0 aromatic heterocycles. The van der Waals surface area contributed by atoms with E-state index < -0.39 is 5.41 Å². The minimum Gasteiger partial charge on any atom is -0.381 e. The first-order chi connectivity index (χ1) is 10.3. The van der Waals surface area contributed by atoms with Crippen LogP contribution in [0.5, 0.6) is 0 Å². The Morgan fingerprint density at radius 3 is 2.64 bits per heavy atom. The molecule has 2 aliphatic heterocycles. The molecule has 2 heterocycles. The zero-order chi connectivity index (χ0) is 14.5. The molecule has 1 aromatic carbocycles. The van der Waals surface area contributed by atoms with Crippen molar-refractivity contribution in [3.8, 4) is 0 Å². The number of carbonyl (C=O) groups is 1. The molecule has 2 fully saturated rings. The maximum absolute atomic E-state index is 12.9. The second kappa shape index (κ2) is 7.95. The van der Waals surface area contributed by atoms with Gasteiger partial charge in [0.15, 0.2) is 0 Å². The van der Waals surface area contributed by atoms with Crippen molar-refractivity contribution in [1.82, 2.24) is 10.6 Å². The van der Waals surface area contributed by atoms with E-state index in [0.29, 0.717) is 19.3 Å². The lowest BCUT2D eigenvalue weighted by molar-refractivity contribution is -0.130. The van der Waals surface area contributed by atoms with Crippen LogP contribution in [0.3, 0.4) is 0 Å². The minimum atomic E-state index is -0.419. The fourth-order valence-electron chi connectivity index (χ4n) is 3.44. The van der Waals surface area contributed by atoms with E-state index in [9.17, 15) is 4.79 Å². The number of ether oxygens (including phenoxy) is 1. The number of hydrogen-bond donors (Lipinski definition) is 2. The van der Waals surface area contributed by atoms with Gasteiger partial charge in [-0.3, -0.25) is 4.79 Å². The molecule has 2 N–H and O–H groups in total. The molecule has 0 spiro atoms. The summed E-state index contributed by atoms with van der Waals surface area (Å²) in [4.78, 5) is 12.9. The highest BCUT2D eigenvalue weighted by Crippen LogP contribution is 2.35. The molecule has 1 atom stereocenters. The second-order valence-corrected chi connectivity index (χ2v) is 6.06. The monoisotopic (exact) mass is 324 g/mol. The third-order valence-corrected chi connectivity index (χ3v) is 4.78. The maximum atomic E-state index is 12.9. The molecule has 0 radical (unpaired) electrons. The Balaban J connectivity index is 0.00000176. The Kier molecular flexibility index (Phi) is 6.24. The molecule has 3 rings (SSSR count). The van der Waals surface area contributed by atoms with Gasteiger partial charge in [-0.1, -0.05) is 30.3 Å². The molecule has 0 aliphatic carbocycles. The lowest BCUT2D eigenvalue weighted by atomic mass is 9.73. The summed E-state index contributed by atoms with van der Waals surface area (Å²) in [6.45, 7) is 3.11. The van der Waals surface area contributed by atoms with Crippen LogP contribution >= 0.6 is 12.4 Å². The van der Waals surface area contributed by atoms with Crippen LogP contribution in [0, 0.1) is 0 Å². The van der Waals surface area contributed by atoms with Crippen LogP contribution in [0.25, 0.3) is 0 Å². The Labute approximate surface area is 138 Å². The molecule has 4 nitrogen and oxygen atoms in total. The SMILES string of the molecule is Cl.O=C(NCC1CCCN1)C1(c2ccccc2)CCOCC1. The second-order valence-electron chi connectivity index (χ2n) is 6.06. The number of carbonyl (C=O) groups excluding carboxylic acids is 1. The number of rotatable bonds is 4. The molecule has 1 unspecified atom stereocenters. The highest BCUT2D eigenvalue weighted by molar-refractivity contribution is 5.88. The van der Waals surface area contributed by atoms with E-state index in [0.717, 1.165) is 37.9 Å². The first kappa shape index (κ1) is 17.3. The van der Waals surface area contributed by atoms with Crippen LogP contribution in [0.1, 0.15) is 31.2 Å². The van der Waals surface area contributed by atoms with Crippen LogP contribution < -0.4 is 10.6 Å². The van der Waals surface area contributed by atoms with Crippen LogP contribution in [0.15, 0.2) is 30.3 Å². The van der Waals surface area contributed by atoms with Crippen LogP contribution in [-0.2, 0) is 14.9 Å². The van der Waals surface area contributed by atoms with Crippen molar-refractivity contribution in [3.63, 3.8) is 0 Å². The Bertz CT molecular complexity index is 469. The molecule has 22 heavy (non-hydrogen) atoms. The van der Waals surface area contributed by atoms with Gasteiger partial charge in [-0.15, -0.1) is 12.4 Å². The maximum Gasteiger partial charge on any atom is 0.230 e. The molecule has 0 bridgehead atoms. The summed E-state index contributed by atoms with van der Waals surface area (Å²) in [5.41, 5.74) is 0.697. The number of amides is 1. The number of halogens is 1. The van der Waals surface area contributed by atoms with E-state index in [2.05, 4.69) is 22.8 Å². The summed E-state index contributed by atoms with van der Waals surface area (Å²) in [5, 5.41) is 6.60. The van der Waals surface area contributed by atoms with Crippen molar-refractivity contribution in [2.75, 3.05) is 26.3 Å². The molecule has 1 amide bonds. The normalized spacial score (nSPS) is 23.5. The smallest absolute Gasteiger partial charge is 0.230 e. The third-order valence-electron chi connectivity index (χ3n) is 4.78. The fraction of sp³-hybridized carbons (Fsp3) is 0.588. The van der Waals surface area contributed by atoms with Crippen LogP contribution in [0.2, 0.25) is 0 Å². The van der Waals surface area contributed by atoms with Gasteiger partial charge in [0.1, 0.15) is 0 Å². The zero-order valence-corrected chi connectivity index (χ0v) is 13.7. The van der Waals surface area contributed by atoms with E-state index in [1.54, 1.807) is 0 Å². The van der Waals surface area contributed by atoms with Gasteiger partial charge in [-0.2, -0.15) is 0 Å². The van der Waals surface area contributed by atoms with Crippen molar-refractivity contribution < 1.29 is 9.53 Å². The predicted molar refractivity (Wildman–Crippen MR) is 89.5 cm³/mol. The number of hydrogen-bond acceptors (Lipinski definition) is 3. The summed E-state index contributed by atoms with van der Waals surface area (Å²) < 4.78 is 5.48. The molecule has 0 saturated carbocycles. The summed E-state index contributed by atoms with van der Waals surface area (Å²) in [6, 6.07) is 10.6. The lowest BCUT2D eigenvalue weighted by Crippen LogP contribution is -2.50. The Hall–Kier alpha value is -1.10. The molecule has 122 valence electrons. The number of nitrogens with one attached hydrogen (secondary N) is 2. The molecular formula is C17H25ClN2O2. The highest BCUT2D eigenvalue weighted by atomic mass is 35.5. The van der Waals surface area contributed by atoms with Crippen LogP contribution in [-0.4, -0.2) is 38.3 Å². The topological polar surface area (TPSA) is 50.4 Å². The van der Waals surface area contributed by atoms with Gasteiger partial charge in [0.2, 0.25) is 5.91 Å². The Morgan fingerprint density at radius 2 is 2.00 bits per heavy atom. The van der Waals surface area contributed by atoms with E-state index in [1.807, 2.05) is 18.2 Å². The van der Waals surface area contributed by atoms with Gasteiger partial charge in [0, 0.05) is 25.8 Å². The third kappa shape index (κ3) is 3.62. The van der Waals surface area contributed by atoms with E-state index in [4.69, 9.17) is 4.74 Å². The summed E-state index contributed by atoms with van der Waals surface area (Å²) in [5.74, 6) is 0.158. The Morgan fingerprint density at radius 1 is 1.27 bits per heavy atom. The first-order valence-electron chi connectivity index (χ1n) is 7.96. The summed E-state index contributed by atoms with van der Waals surface area (Å²) in [7, 11) is 0. The van der Waals surface area contributed by atoms with E-state index in [1.165, 1.54) is 6.42 Å². The fourth-order valence-corrected chi connectivity index (χ4v) is 3.44. The average Bonchev–Trinajstić information content (AvgIpc) is 3.07. The molecule has 2 aliphatic rings. The van der Waals surface area contributed by atoms with Gasteiger partial charge in [-0.05, 0) is 37.8 Å². The van der Waals surface area contributed by atoms with Crippen molar-refractivity contribution in [2.24, 2.45) is 0 Å². The standard InChI is InChI=1S/C17H24N2O2.ClH/c20-16(19-13-15-7-4-10-18-15)17(8-11-21-12-9-17)14-5-2-1-3-6-14;/h1-3,5-6,15,18H,4,7-13H2,(H,19,20);1H. The largest absolute Gasteiger partial charge is 0.381 e. The van der Waals surface area contributed by atoms with Gasteiger partial charge >= 0.3 is 0 Å². The number of benzene rings is 1. The van der Waals surface area contributed by atoms with E-state index >= 15 is 0 Å². The van der Waals surface area contributed by atoms with E-state index in [-0.39, 0.29) is 18.3 Å². The first-order valence-corrected chi connectivity index (χ1v) is 7.96. The highest BCUT2D eigenvalue weighted by Gasteiger charge is 2.41. The predicted octanol–water partition coefficient (Wildman–Crippen LogP) is 2.02. The quantitative estimate of drug-likeness (QED) is 0.891. The molecule has 1 aromatic rings. The van der Waals surface area contributed by atoms with Gasteiger partial charge in [0.05, 0.1) is 5.41 Å². The van der Waals surface area contributed by atoms with Gasteiger partial charge in [-0.25, -0.2) is 0 Å². The summed E-state index contributed by atoms with van der Waals surface area (Å²) in [6.07, 6.45) is 3.89. The summed E-state index contributed by atoms with van der Waals surface area (Å²) >= 11 is 0. The van der Waals surface area contributed by atoms with Crippen molar-refractivity contribution in [1.29, 1.82) is 0 Å². The van der Waals surface area contributed by atoms with Gasteiger partial charge in [0.25, 0.3) is 0 Å². The van der Waals surface area contributed by atoms with Crippen molar-refractivity contribution in [3.05, 3.63) is 35.9 Å². The van der Waals surface area contributed by atoms with Crippen molar-refractivity contribution >= 4 is 18.3 Å². The lowest BCUT2D eigenvalue weighted by Gasteiger charge is -2.36. The molecular weight excluding hydrogens is 300 g/mol. The minimum absolute atomic E-state index is 0. The van der Waals surface area contributed by atoms with Gasteiger partial charge < -0.3 is 15.4 Å². The van der Waals surface area contributed by atoms with Crippen LogP contribution in [0.4, 0.5) is 0 Å². The molecule has 2 saturated heterocycles. The average molecular weight is 325 g/mol. The zero-order valence-electron chi connectivity index (χ0n) is 12.8.